The van der Waals surface area contributed by atoms with Crippen LogP contribution in [0.15, 0.2) is 42.5 Å². The first-order chi connectivity index (χ1) is 19.3. The number of likely N-dealkylation sites (tertiary alicyclic amines) is 1. The van der Waals surface area contributed by atoms with Crippen molar-refractivity contribution in [2.45, 2.75) is 71.4 Å². The van der Waals surface area contributed by atoms with Crippen LogP contribution in [0.4, 0.5) is 11.4 Å². The van der Waals surface area contributed by atoms with Gasteiger partial charge in [0.05, 0.1) is 17.1 Å². The monoisotopic (exact) mass is 538 g/mol. The maximum Gasteiger partial charge on any atom is 0.293 e. The summed E-state index contributed by atoms with van der Waals surface area (Å²) in [6.07, 6.45) is 6.98. The normalized spacial score (nSPS) is 23.8. The van der Waals surface area contributed by atoms with Crippen LogP contribution in [0.1, 0.15) is 68.6 Å². The molecule has 0 N–H and O–H groups in total. The van der Waals surface area contributed by atoms with E-state index in [0.717, 1.165) is 54.1 Å². The average Bonchev–Trinajstić information content (AvgIpc) is 3.27. The molecule has 4 aliphatic rings. The third kappa shape index (κ3) is 3.94. The molecule has 1 aromatic heterocycles. The molecule has 2 amide bonds. The van der Waals surface area contributed by atoms with E-state index in [2.05, 4.69) is 36.9 Å². The molecule has 2 aliphatic carbocycles. The minimum atomic E-state index is -0.227. The zero-order valence-electron chi connectivity index (χ0n) is 23.9. The quantitative estimate of drug-likeness (QED) is 0.455. The van der Waals surface area contributed by atoms with Gasteiger partial charge in [0, 0.05) is 31.7 Å². The Hall–Kier alpha value is -3.68. The summed E-state index contributed by atoms with van der Waals surface area (Å²) in [5, 5.41) is 4.81. The van der Waals surface area contributed by atoms with Gasteiger partial charge in [-0.25, -0.2) is 9.67 Å². The number of nitrogens with zero attached hydrogens (tertiary/aromatic N) is 6. The summed E-state index contributed by atoms with van der Waals surface area (Å²) in [7, 11) is 1.86. The molecule has 0 radical (unpaired) electrons. The Morgan fingerprint density at radius 1 is 1.00 bits per heavy atom. The van der Waals surface area contributed by atoms with Crippen LogP contribution in [-0.4, -0.2) is 63.7 Å². The molecule has 2 atom stereocenters. The van der Waals surface area contributed by atoms with Gasteiger partial charge >= 0.3 is 0 Å². The summed E-state index contributed by atoms with van der Waals surface area (Å²) < 4.78 is 1.81. The average molecular weight is 539 g/mol. The molecule has 3 fully saturated rings. The lowest BCUT2D eigenvalue weighted by atomic mass is 9.95. The molecular formula is C32H38N6O2. The summed E-state index contributed by atoms with van der Waals surface area (Å²) in [5.41, 5.74) is 5.18. The highest BCUT2D eigenvalue weighted by Gasteiger charge is 2.54. The Labute approximate surface area is 236 Å². The molecule has 40 heavy (non-hydrogen) atoms. The Balaban J connectivity index is 1.32. The number of amides is 2. The molecular weight excluding hydrogens is 500 g/mol. The zero-order valence-corrected chi connectivity index (χ0v) is 23.9. The fraction of sp³-hybridized carbons (Fsp3) is 0.500. The van der Waals surface area contributed by atoms with Crippen LogP contribution >= 0.6 is 0 Å². The molecule has 1 saturated heterocycles. The lowest BCUT2D eigenvalue weighted by Gasteiger charge is -2.43. The second kappa shape index (κ2) is 9.18. The van der Waals surface area contributed by atoms with Gasteiger partial charge in [-0.15, -0.1) is 5.10 Å². The van der Waals surface area contributed by atoms with Gasteiger partial charge in [-0.3, -0.25) is 9.59 Å². The van der Waals surface area contributed by atoms with Crippen molar-refractivity contribution >= 4 is 23.2 Å². The minimum absolute atomic E-state index is 0.0905. The van der Waals surface area contributed by atoms with E-state index in [1.54, 1.807) is 4.90 Å². The SMILES string of the molecule is Cc1ccc(-n2nc(C(=O)N3C[C@@H](C)C4(CC4)C3)nc2-c2ccc3c(c2)N(C2CCCC2)[C@H](C)C(=O)N3C)cc1. The number of hydrogen-bond donors (Lipinski definition) is 0. The van der Waals surface area contributed by atoms with E-state index in [9.17, 15) is 9.59 Å². The lowest BCUT2D eigenvalue weighted by Crippen LogP contribution is -2.54. The molecule has 0 bridgehead atoms. The number of carbonyl (C=O) groups is 2. The van der Waals surface area contributed by atoms with E-state index in [4.69, 9.17) is 10.1 Å². The van der Waals surface area contributed by atoms with Gasteiger partial charge in [-0.2, -0.15) is 0 Å². The van der Waals surface area contributed by atoms with E-state index in [0.29, 0.717) is 23.2 Å². The molecule has 2 aliphatic heterocycles. The molecule has 1 spiro atoms. The first kappa shape index (κ1) is 25.3. The van der Waals surface area contributed by atoms with Crippen molar-refractivity contribution in [3.63, 3.8) is 0 Å². The van der Waals surface area contributed by atoms with Crippen molar-refractivity contribution in [3.05, 3.63) is 53.9 Å². The molecule has 3 heterocycles. The Bertz CT molecular complexity index is 1480. The van der Waals surface area contributed by atoms with Crippen molar-refractivity contribution < 1.29 is 9.59 Å². The molecule has 208 valence electrons. The second-order valence-electron chi connectivity index (χ2n) is 12.6. The third-order valence-electron chi connectivity index (χ3n) is 10.00. The highest BCUT2D eigenvalue weighted by Crippen LogP contribution is 2.56. The van der Waals surface area contributed by atoms with Gasteiger partial charge in [-0.1, -0.05) is 37.5 Å². The zero-order chi connectivity index (χ0) is 27.8. The summed E-state index contributed by atoms with van der Waals surface area (Å²) in [6, 6.07) is 14.4. The van der Waals surface area contributed by atoms with E-state index < -0.39 is 0 Å². The van der Waals surface area contributed by atoms with Crippen molar-refractivity contribution in [3.8, 4) is 17.1 Å². The van der Waals surface area contributed by atoms with Crippen molar-refractivity contribution in [1.29, 1.82) is 0 Å². The van der Waals surface area contributed by atoms with Crippen LogP contribution in [0.2, 0.25) is 0 Å². The van der Waals surface area contributed by atoms with Crippen LogP contribution in [0.5, 0.6) is 0 Å². The van der Waals surface area contributed by atoms with Crippen molar-refractivity contribution in [2.75, 3.05) is 29.9 Å². The summed E-state index contributed by atoms with van der Waals surface area (Å²) >= 11 is 0. The Kier molecular flexibility index (Phi) is 5.81. The van der Waals surface area contributed by atoms with E-state index >= 15 is 0 Å². The molecule has 8 heteroatoms. The number of anilines is 2. The van der Waals surface area contributed by atoms with E-state index in [-0.39, 0.29) is 23.7 Å². The molecule has 0 unspecified atom stereocenters. The molecule has 7 rings (SSSR count). The van der Waals surface area contributed by atoms with Crippen LogP contribution in [0.3, 0.4) is 0 Å². The number of aryl methyl sites for hydroxylation is 1. The molecule has 2 saturated carbocycles. The van der Waals surface area contributed by atoms with Gasteiger partial charge in [0.25, 0.3) is 5.91 Å². The fourth-order valence-corrected chi connectivity index (χ4v) is 7.26. The number of benzene rings is 2. The topological polar surface area (TPSA) is 74.6 Å². The lowest BCUT2D eigenvalue weighted by molar-refractivity contribution is -0.119. The van der Waals surface area contributed by atoms with Gasteiger partial charge in [-0.05, 0) is 81.2 Å². The van der Waals surface area contributed by atoms with E-state index in [1.807, 2.05) is 47.8 Å². The van der Waals surface area contributed by atoms with Crippen molar-refractivity contribution in [2.24, 2.45) is 11.3 Å². The largest absolute Gasteiger partial charge is 0.355 e. The number of rotatable bonds is 4. The summed E-state index contributed by atoms with van der Waals surface area (Å²) in [6.45, 7) is 7.90. The van der Waals surface area contributed by atoms with Gasteiger partial charge < -0.3 is 14.7 Å². The minimum Gasteiger partial charge on any atom is -0.355 e. The van der Waals surface area contributed by atoms with Crippen LogP contribution < -0.4 is 9.80 Å². The van der Waals surface area contributed by atoms with Crippen LogP contribution in [0, 0.1) is 18.3 Å². The first-order valence-electron chi connectivity index (χ1n) is 14.8. The number of likely N-dealkylation sites (N-methyl/N-ethyl adjacent to an activating group) is 1. The predicted octanol–water partition coefficient (Wildman–Crippen LogP) is 5.23. The first-order valence-corrected chi connectivity index (χ1v) is 14.8. The van der Waals surface area contributed by atoms with Crippen LogP contribution in [-0.2, 0) is 4.79 Å². The molecule has 2 aromatic carbocycles. The number of aromatic nitrogens is 3. The van der Waals surface area contributed by atoms with Crippen LogP contribution in [0.25, 0.3) is 17.1 Å². The third-order valence-corrected chi connectivity index (χ3v) is 10.00. The fourth-order valence-electron chi connectivity index (χ4n) is 7.26. The predicted molar refractivity (Wildman–Crippen MR) is 156 cm³/mol. The van der Waals surface area contributed by atoms with Gasteiger partial charge in [0.1, 0.15) is 6.04 Å². The van der Waals surface area contributed by atoms with E-state index in [1.165, 1.54) is 25.7 Å². The highest BCUT2D eigenvalue weighted by molar-refractivity contribution is 6.05. The Morgan fingerprint density at radius 2 is 1.73 bits per heavy atom. The number of fused-ring (bicyclic) bond motifs is 1. The number of carbonyl (C=O) groups excluding carboxylic acids is 2. The summed E-state index contributed by atoms with van der Waals surface area (Å²) in [4.78, 5) is 37.8. The van der Waals surface area contributed by atoms with Gasteiger partial charge in [0.15, 0.2) is 5.82 Å². The van der Waals surface area contributed by atoms with Gasteiger partial charge in [0.2, 0.25) is 11.7 Å². The number of hydrogen-bond acceptors (Lipinski definition) is 5. The maximum atomic E-state index is 13.7. The standard InChI is InChI=1S/C32H38N6O2/c1-20-9-12-25(13-10-20)38-29(33-28(34-38)31(40)36-18-21(2)32(19-36)15-16-32)23-11-14-26-27(17-23)37(24-7-5-6-8-24)22(3)30(39)35(26)4/h9-14,17,21-22,24H,5-8,15-16,18-19H2,1-4H3/t21-,22-/m1/s1. The molecule has 8 nitrogen and oxygen atoms in total. The Morgan fingerprint density at radius 3 is 2.40 bits per heavy atom. The maximum absolute atomic E-state index is 13.7. The second-order valence-corrected chi connectivity index (χ2v) is 12.6. The smallest absolute Gasteiger partial charge is 0.293 e. The highest BCUT2D eigenvalue weighted by atomic mass is 16.2. The van der Waals surface area contributed by atoms with Crippen molar-refractivity contribution in [1.82, 2.24) is 19.7 Å². The summed E-state index contributed by atoms with van der Waals surface area (Å²) in [5.74, 6) is 1.43. The molecule has 3 aromatic rings.